The van der Waals surface area contributed by atoms with Crippen LogP contribution in [0.2, 0.25) is 0 Å². The summed E-state index contributed by atoms with van der Waals surface area (Å²) in [5.41, 5.74) is 1.59. The molecule has 8 nitrogen and oxygen atoms in total. The number of hydrogen-bond acceptors (Lipinski definition) is 7. The molecular formula is C27H22N2O6. The number of amides is 1. The molecule has 1 amide bonds. The van der Waals surface area contributed by atoms with Crippen molar-refractivity contribution in [2.45, 2.75) is 6.92 Å². The molecule has 0 aliphatic carbocycles. The standard InChI is InChI=1S/C27H22N2O6/c1-3-34-26(31)19-6-10-22(11-7-19)29-25(30)21(17-28)16-18-4-12-24(13-5-18)35-27(32)20-8-14-23(33-2)15-9-20/h4-16H,3H2,1-2H3,(H,29,30)/b21-16+. The van der Waals surface area contributed by atoms with Crippen LogP contribution in [0.3, 0.4) is 0 Å². The largest absolute Gasteiger partial charge is 0.497 e. The van der Waals surface area contributed by atoms with Crippen molar-refractivity contribution in [2.75, 3.05) is 19.0 Å². The number of ether oxygens (including phenoxy) is 3. The second kappa shape index (κ2) is 11.8. The molecule has 176 valence electrons. The molecule has 35 heavy (non-hydrogen) atoms. The first kappa shape index (κ1) is 24.7. The van der Waals surface area contributed by atoms with E-state index in [0.29, 0.717) is 33.9 Å². The minimum absolute atomic E-state index is 0.123. The zero-order valence-corrected chi connectivity index (χ0v) is 19.1. The van der Waals surface area contributed by atoms with E-state index in [1.54, 1.807) is 67.6 Å². The van der Waals surface area contributed by atoms with Gasteiger partial charge in [-0.15, -0.1) is 0 Å². The lowest BCUT2D eigenvalue weighted by atomic mass is 10.1. The van der Waals surface area contributed by atoms with Gasteiger partial charge >= 0.3 is 11.9 Å². The number of esters is 2. The van der Waals surface area contributed by atoms with E-state index >= 15 is 0 Å². The number of anilines is 1. The summed E-state index contributed by atoms with van der Waals surface area (Å²) in [5.74, 6) is -0.647. The summed E-state index contributed by atoms with van der Waals surface area (Å²) < 4.78 is 15.3. The minimum Gasteiger partial charge on any atom is -0.497 e. The van der Waals surface area contributed by atoms with E-state index in [0.717, 1.165) is 0 Å². The molecule has 3 aromatic carbocycles. The van der Waals surface area contributed by atoms with E-state index in [1.807, 2.05) is 6.07 Å². The van der Waals surface area contributed by atoms with Gasteiger partial charge in [0.2, 0.25) is 0 Å². The van der Waals surface area contributed by atoms with Crippen LogP contribution >= 0.6 is 0 Å². The van der Waals surface area contributed by atoms with Crippen molar-refractivity contribution in [2.24, 2.45) is 0 Å². The Bertz CT molecular complexity index is 1270. The van der Waals surface area contributed by atoms with Crippen molar-refractivity contribution >= 4 is 29.6 Å². The number of nitrogens with one attached hydrogen (secondary N) is 1. The quantitative estimate of drug-likeness (QED) is 0.221. The topological polar surface area (TPSA) is 115 Å². The highest BCUT2D eigenvalue weighted by Crippen LogP contribution is 2.18. The second-order valence-electron chi connectivity index (χ2n) is 7.11. The Morgan fingerprint density at radius 3 is 2.00 bits per heavy atom. The number of carbonyl (C=O) groups excluding carboxylic acids is 3. The first-order valence-corrected chi connectivity index (χ1v) is 10.6. The van der Waals surface area contributed by atoms with Crippen LogP contribution in [0.1, 0.15) is 33.2 Å². The Kier molecular flexibility index (Phi) is 8.35. The van der Waals surface area contributed by atoms with Crippen LogP contribution in [0.15, 0.2) is 78.4 Å². The van der Waals surface area contributed by atoms with Crippen molar-refractivity contribution in [1.29, 1.82) is 5.26 Å². The number of rotatable bonds is 8. The number of carbonyl (C=O) groups is 3. The molecule has 0 unspecified atom stereocenters. The van der Waals surface area contributed by atoms with Crippen LogP contribution < -0.4 is 14.8 Å². The number of nitrogens with zero attached hydrogens (tertiary/aromatic N) is 1. The van der Waals surface area contributed by atoms with Crippen LogP contribution in [-0.4, -0.2) is 31.6 Å². The Morgan fingerprint density at radius 2 is 1.43 bits per heavy atom. The first-order chi connectivity index (χ1) is 16.9. The van der Waals surface area contributed by atoms with Crippen molar-refractivity contribution in [3.8, 4) is 17.6 Å². The Hall–Kier alpha value is -4.90. The third-order valence-electron chi connectivity index (χ3n) is 4.75. The van der Waals surface area contributed by atoms with Crippen molar-refractivity contribution in [3.05, 3.63) is 95.1 Å². The molecule has 0 spiro atoms. The molecule has 0 atom stereocenters. The fourth-order valence-corrected chi connectivity index (χ4v) is 2.94. The summed E-state index contributed by atoms with van der Waals surface area (Å²) in [4.78, 5) is 36.5. The van der Waals surface area contributed by atoms with Gasteiger partial charge in [0, 0.05) is 5.69 Å². The van der Waals surface area contributed by atoms with Crippen LogP contribution in [0.25, 0.3) is 6.08 Å². The molecule has 0 aliphatic rings. The highest BCUT2D eigenvalue weighted by atomic mass is 16.5. The van der Waals surface area contributed by atoms with Gasteiger partial charge in [-0.3, -0.25) is 4.79 Å². The minimum atomic E-state index is -0.605. The van der Waals surface area contributed by atoms with Gasteiger partial charge in [0.05, 0.1) is 24.8 Å². The summed E-state index contributed by atoms with van der Waals surface area (Å²) in [7, 11) is 1.54. The van der Waals surface area contributed by atoms with Gasteiger partial charge in [-0.2, -0.15) is 5.26 Å². The fourth-order valence-electron chi connectivity index (χ4n) is 2.94. The molecule has 0 bridgehead atoms. The summed E-state index contributed by atoms with van der Waals surface area (Å²) in [6, 6.07) is 20.9. The lowest BCUT2D eigenvalue weighted by molar-refractivity contribution is -0.112. The number of benzene rings is 3. The molecular weight excluding hydrogens is 448 g/mol. The fraction of sp³-hybridized carbons (Fsp3) is 0.111. The van der Waals surface area contributed by atoms with E-state index in [-0.39, 0.29) is 12.2 Å². The van der Waals surface area contributed by atoms with E-state index in [1.165, 1.54) is 25.3 Å². The molecule has 3 aromatic rings. The molecule has 1 N–H and O–H groups in total. The normalized spacial score (nSPS) is 10.6. The summed E-state index contributed by atoms with van der Waals surface area (Å²) in [5, 5.41) is 12.0. The molecule has 8 heteroatoms. The molecule has 0 heterocycles. The van der Waals surface area contributed by atoms with Gasteiger partial charge in [-0.25, -0.2) is 9.59 Å². The van der Waals surface area contributed by atoms with Gasteiger partial charge in [0.1, 0.15) is 23.1 Å². The summed E-state index contributed by atoms with van der Waals surface area (Å²) >= 11 is 0. The molecule has 0 saturated heterocycles. The van der Waals surface area contributed by atoms with Crippen molar-refractivity contribution < 1.29 is 28.6 Å². The summed E-state index contributed by atoms with van der Waals surface area (Å²) in [6.07, 6.45) is 1.41. The van der Waals surface area contributed by atoms with E-state index in [4.69, 9.17) is 14.2 Å². The highest BCUT2D eigenvalue weighted by Gasteiger charge is 2.12. The van der Waals surface area contributed by atoms with E-state index < -0.39 is 17.8 Å². The maximum atomic E-state index is 12.5. The van der Waals surface area contributed by atoms with Crippen LogP contribution in [-0.2, 0) is 9.53 Å². The third kappa shape index (κ3) is 6.79. The summed E-state index contributed by atoms with van der Waals surface area (Å²) in [6.45, 7) is 1.98. The highest BCUT2D eigenvalue weighted by molar-refractivity contribution is 6.09. The number of methoxy groups -OCH3 is 1. The maximum Gasteiger partial charge on any atom is 0.343 e. The monoisotopic (exact) mass is 470 g/mol. The number of nitriles is 1. The van der Waals surface area contributed by atoms with Gasteiger partial charge in [-0.1, -0.05) is 12.1 Å². The van der Waals surface area contributed by atoms with Gasteiger partial charge in [0.25, 0.3) is 5.91 Å². The van der Waals surface area contributed by atoms with Crippen LogP contribution in [0.4, 0.5) is 5.69 Å². The Morgan fingerprint density at radius 1 is 0.857 bits per heavy atom. The molecule has 0 aliphatic heterocycles. The molecule has 0 saturated carbocycles. The molecule has 0 radical (unpaired) electrons. The van der Waals surface area contributed by atoms with Crippen LogP contribution in [0, 0.1) is 11.3 Å². The molecule has 0 aromatic heterocycles. The van der Waals surface area contributed by atoms with Gasteiger partial charge in [-0.05, 0) is 79.2 Å². The zero-order chi connectivity index (χ0) is 25.2. The molecule has 0 fully saturated rings. The Labute approximate surface area is 202 Å². The molecule has 3 rings (SSSR count). The maximum absolute atomic E-state index is 12.5. The SMILES string of the molecule is CCOC(=O)c1ccc(NC(=O)/C(C#N)=C/c2ccc(OC(=O)c3ccc(OC)cc3)cc2)cc1. The average molecular weight is 470 g/mol. The first-order valence-electron chi connectivity index (χ1n) is 10.6. The van der Waals surface area contributed by atoms with E-state index in [9.17, 15) is 19.6 Å². The number of hydrogen-bond donors (Lipinski definition) is 1. The van der Waals surface area contributed by atoms with Crippen molar-refractivity contribution in [1.82, 2.24) is 0 Å². The predicted molar refractivity (Wildman–Crippen MR) is 129 cm³/mol. The second-order valence-corrected chi connectivity index (χ2v) is 7.11. The van der Waals surface area contributed by atoms with Gasteiger partial charge < -0.3 is 19.5 Å². The predicted octanol–water partition coefficient (Wildman–Crippen LogP) is 4.64. The Balaban J connectivity index is 1.63. The van der Waals surface area contributed by atoms with E-state index in [2.05, 4.69) is 5.32 Å². The zero-order valence-electron chi connectivity index (χ0n) is 19.1. The average Bonchev–Trinajstić information content (AvgIpc) is 2.88. The smallest absolute Gasteiger partial charge is 0.343 e. The van der Waals surface area contributed by atoms with Crippen LogP contribution in [0.5, 0.6) is 11.5 Å². The lowest BCUT2D eigenvalue weighted by Gasteiger charge is -2.07. The van der Waals surface area contributed by atoms with Gasteiger partial charge in [0.15, 0.2) is 0 Å². The van der Waals surface area contributed by atoms with Crippen molar-refractivity contribution in [3.63, 3.8) is 0 Å². The lowest BCUT2D eigenvalue weighted by Crippen LogP contribution is -2.13. The third-order valence-corrected chi connectivity index (χ3v) is 4.75.